The van der Waals surface area contributed by atoms with E-state index in [2.05, 4.69) is 5.32 Å². The molecule has 0 aliphatic rings. The second-order valence-electron chi connectivity index (χ2n) is 5.56. The van der Waals surface area contributed by atoms with Gasteiger partial charge in [0.05, 0.1) is 13.2 Å². The summed E-state index contributed by atoms with van der Waals surface area (Å²) in [7, 11) is 3.24. The molecule has 0 spiro atoms. The van der Waals surface area contributed by atoms with E-state index in [4.69, 9.17) is 16.3 Å². The molecular weight excluding hydrogens is 331 g/mol. The quantitative estimate of drug-likeness (QED) is 0.857. The van der Waals surface area contributed by atoms with Crippen LogP contribution < -0.4 is 10.1 Å². The molecule has 0 heterocycles. The number of likely N-dealkylation sites (N-methyl/N-ethyl adjacent to an activating group) is 1. The van der Waals surface area contributed by atoms with Crippen molar-refractivity contribution in [3.63, 3.8) is 0 Å². The van der Waals surface area contributed by atoms with Crippen LogP contribution in [-0.4, -0.2) is 31.0 Å². The van der Waals surface area contributed by atoms with Gasteiger partial charge in [-0.1, -0.05) is 17.7 Å². The lowest BCUT2D eigenvalue weighted by atomic mass is 10.1. The lowest BCUT2D eigenvalue weighted by Crippen LogP contribution is -2.39. The first kappa shape index (κ1) is 18.2. The summed E-state index contributed by atoms with van der Waals surface area (Å²) < 4.78 is 18.7. The maximum atomic E-state index is 13.7. The number of carbonyl (C=O) groups excluding carboxylic acids is 1. The molecule has 0 fully saturated rings. The number of methoxy groups -OCH3 is 1. The number of hydrogen-bond donors (Lipinski definition) is 1. The Balaban J connectivity index is 1.97. The second-order valence-corrected chi connectivity index (χ2v) is 5.99. The molecule has 6 heteroatoms. The van der Waals surface area contributed by atoms with E-state index >= 15 is 0 Å². The van der Waals surface area contributed by atoms with E-state index in [1.807, 2.05) is 11.9 Å². The number of amides is 1. The number of halogens is 2. The molecule has 0 radical (unpaired) electrons. The van der Waals surface area contributed by atoms with Gasteiger partial charge in [0.2, 0.25) is 5.91 Å². The molecule has 0 aliphatic carbocycles. The van der Waals surface area contributed by atoms with Crippen LogP contribution in [-0.2, 0) is 11.3 Å². The van der Waals surface area contributed by atoms with E-state index in [-0.39, 0.29) is 17.7 Å². The van der Waals surface area contributed by atoms with Crippen molar-refractivity contribution < 1.29 is 13.9 Å². The third-order valence-corrected chi connectivity index (χ3v) is 4.05. The first-order valence-corrected chi connectivity index (χ1v) is 7.87. The highest BCUT2D eigenvalue weighted by Crippen LogP contribution is 2.19. The normalized spacial score (nSPS) is 12.1. The minimum absolute atomic E-state index is 0.145. The average Bonchev–Trinajstić information content (AvgIpc) is 2.56. The van der Waals surface area contributed by atoms with Gasteiger partial charge in [0.15, 0.2) is 11.6 Å². The van der Waals surface area contributed by atoms with Crippen LogP contribution in [0.15, 0.2) is 42.5 Å². The van der Waals surface area contributed by atoms with Crippen LogP contribution in [0.1, 0.15) is 12.5 Å². The van der Waals surface area contributed by atoms with Gasteiger partial charge in [-0.15, -0.1) is 0 Å². The van der Waals surface area contributed by atoms with E-state index in [1.165, 1.54) is 13.2 Å². The van der Waals surface area contributed by atoms with E-state index in [1.54, 1.807) is 43.3 Å². The molecule has 1 amide bonds. The summed E-state index contributed by atoms with van der Waals surface area (Å²) in [6.07, 6.45) is 0. The Bertz CT molecular complexity index is 707. The monoisotopic (exact) mass is 350 g/mol. The van der Waals surface area contributed by atoms with Crippen LogP contribution in [0.5, 0.6) is 5.75 Å². The summed E-state index contributed by atoms with van der Waals surface area (Å²) in [5, 5.41) is 3.44. The highest BCUT2D eigenvalue weighted by atomic mass is 35.5. The summed E-state index contributed by atoms with van der Waals surface area (Å²) >= 11 is 5.83. The Labute approximate surface area is 146 Å². The van der Waals surface area contributed by atoms with Gasteiger partial charge >= 0.3 is 0 Å². The summed E-state index contributed by atoms with van der Waals surface area (Å²) in [5.41, 5.74) is 1.45. The highest BCUT2D eigenvalue weighted by molar-refractivity contribution is 6.30. The maximum Gasteiger partial charge on any atom is 0.241 e. The van der Waals surface area contributed by atoms with E-state index in [0.717, 1.165) is 5.56 Å². The molecule has 4 nitrogen and oxygen atoms in total. The number of carbonyl (C=O) groups is 1. The average molecular weight is 351 g/mol. The van der Waals surface area contributed by atoms with E-state index in [9.17, 15) is 9.18 Å². The third-order valence-electron chi connectivity index (χ3n) is 3.80. The van der Waals surface area contributed by atoms with Gasteiger partial charge in [-0.3, -0.25) is 9.69 Å². The van der Waals surface area contributed by atoms with E-state index in [0.29, 0.717) is 17.3 Å². The number of benzene rings is 2. The summed E-state index contributed by atoms with van der Waals surface area (Å²) in [6.45, 7) is 2.24. The Morgan fingerprint density at radius 3 is 2.54 bits per heavy atom. The van der Waals surface area contributed by atoms with Crippen molar-refractivity contribution in [2.24, 2.45) is 0 Å². The van der Waals surface area contributed by atoms with Crippen molar-refractivity contribution in [3.05, 3.63) is 58.9 Å². The van der Waals surface area contributed by atoms with Crippen LogP contribution in [0, 0.1) is 5.82 Å². The second kappa shape index (κ2) is 8.13. The van der Waals surface area contributed by atoms with Crippen molar-refractivity contribution in [1.29, 1.82) is 0 Å². The lowest BCUT2D eigenvalue weighted by molar-refractivity contribution is -0.120. The Hall–Kier alpha value is -2.11. The topological polar surface area (TPSA) is 41.6 Å². The molecule has 128 valence electrons. The molecule has 1 atom stereocenters. The summed E-state index contributed by atoms with van der Waals surface area (Å²) in [6, 6.07) is 11.3. The van der Waals surface area contributed by atoms with Crippen molar-refractivity contribution in [3.8, 4) is 5.75 Å². The Kier molecular flexibility index (Phi) is 6.17. The fourth-order valence-corrected chi connectivity index (χ4v) is 2.34. The summed E-state index contributed by atoms with van der Waals surface area (Å²) in [5.74, 6) is -0.356. The molecule has 24 heavy (non-hydrogen) atoms. The van der Waals surface area contributed by atoms with Gasteiger partial charge < -0.3 is 10.1 Å². The molecule has 0 unspecified atom stereocenters. The Morgan fingerprint density at radius 1 is 1.29 bits per heavy atom. The number of ether oxygens (including phenoxy) is 1. The lowest BCUT2D eigenvalue weighted by Gasteiger charge is -2.24. The maximum absolute atomic E-state index is 13.7. The molecule has 0 aromatic heterocycles. The van der Waals surface area contributed by atoms with Crippen LogP contribution in [0.25, 0.3) is 0 Å². The number of nitrogens with zero attached hydrogens (tertiary/aromatic N) is 1. The molecule has 0 bridgehead atoms. The molecule has 2 aromatic carbocycles. The first-order valence-electron chi connectivity index (χ1n) is 7.50. The zero-order valence-electron chi connectivity index (χ0n) is 13.8. The SMILES string of the molecule is COc1ccc(CN(C)[C@H](C)C(=O)Nc2ccc(Cl)cc2)cc1F. The molecule has 2 rings (SSSR count). The fourth-order valence-electron chi connectivity index (χ4n) is 2.21. The van der Waals surface area contributed by atoms with Crippen molar-refractivity contribution in [1.82, 2.24) is 4.90 Å². The van der Waals surface area contributed by atoms with Crippen LogP contribution >= 0.6 is 11.6 Å². The molecule has 0 saturated carbocycles. The number of anilines is 1. The van der Waals surface area contributed by atoms with E-state index < -0.39 is 5.82 Å². The molecule has 1 N–H and O–H groups in total. The standard InChI is InChI=1S/C18H20ClFN2O2/c1-12(18(23)21-15-7-5-14(19)6-8-15)22(2)11-13-4-9-17(24-3)16(20)10-13/h4-10,12H,11H2,1-3H3,(H,21,23)/t12-/m1/s1. The predicted molar refractivity (Wildman–Crippen MR) is 94.0 cm³/mol. The Morgan fingerprint density at radius 2 is 1.96 bits per heavy atom. The predicted octanol–water partition coefficient (Wildman–Crippen LogP) is 3.95. The zero-order valence-corrected chi connectivity index (χ0v) is 14.6. The van der Waals surface area contributed by atoms with Gasteiger partial charge in [-0.2, -0.15) is 0 Å². The highest BCUT2D eigenvalue weighted by Gasteiger charge is 2.18. The number of nitrogens with one attached hydrogen (secondary N) is 1. The number of rotatable bonds is 6. The number of hydrogen-bond acceptors (Lipinski definition) is 3. The smallest absolute Gasteiger partial charge is 0.241 e. The minimum Gasteiger partial charge on any atom is -0.494 e. The largest absolute Gasteiger partial charge is 0.494 e. The van der Waals surface area contributed by atoms with Gasteiger partial charge in [0.25, 0.3) is 0 Å². The van der Waals surface area contributed by atoms with Gasteiger partial charge in [-0.05, 0) is 55.9 Å². The third kappa shape index (κ3) is 4.69. The first-order chi connectivity index (χ1) is 11.4. The van der Waals surface area contributed by atoms with Gasteiger partial charge in [0, 0.05) is 17.3 Å². The van der Waals surface area contributed by atoms with Crippen LogP contribution in [0.2, 0.25) is 5.02 Å². The minimum atomic E-state index is -0.415. The van der Waals surface area contributed by atoms with Crippen LogP contribution in [0.4, 0.5) is 10.1 Å². The van der Waals surface area contributed by atoms with Crippen molar-refractivity contribution in [2.75, 3.05) is 19.5 Å². The zero-order chi connectivity index (χ0) is 17.7. The van der Waals surface area contributed by atoms with Crippen molar-refractivity contribution >= 4 is 23.2 Å². The molecular formula is C18H20ClFN2O2. The van der Waals surface area contributed by atoms with Gasteiger partial charge in [-0.25, -0.2) is 4.39 Å². The summed E-state index contributed by atoms with van der Waals surface area (Å²) in [4.78, 5) is 14.2. The molecule has 0 aliphatic heterocycles. The van der Waals surface area contributed by atoms with Crippen LogP contribution in [0.3, 0.4) is 0 Å². The fraction of sp³-hybridized carbons (Fsp3) is 0.278. The molecule has 2 aromatic rings. The van der Waals surface area contributed by atoms with Gasteiger partial charge in [0.1, 0.15) is 0 Å². The molecule has 0 saturated heterocycles. The van der Waals surface area contributed by atoms with Crippen molar-refractivity contribution in [2.45, 2.75) is 19.5 Å².